The number of carbonyl (C=O) groups excluding carboxylic acids is 1. The molecule has 0 fully saturated rings. The third-order valence-electron chi connectivity index (χ3n) is 6.35. The highest BCUT2D eigenvalue weighted by Gasteiger charge is 2.30. The van der Waals surface area contributed by atoms with E-state index in [1.165, 1.54) is 0 Å². The van der Waals surface area contributed by atoms with Crippen LogP contribution in [-0.2, 0) is 22.4 Å². The number of amides is 1. The van der Waals surface area contributed by atoms with E-state index in [4.69, 9.17) is 9.47 Å². The van der Waals surface area contributed by atoms with Crippen molar-refractivity contribution < 1.29 is 24.2 Å². The molecule has 168 valence electrons. The lowest BCUT2D eigenvalue weighted by atomic mass is 9.98. The van der Waals surface area contributed by atoms with Crippen molar-refractivity contribution in [1.29, 1.82) is 0 Å². The van der Waals surface area contributed by atoms with Crippen molar-refractivity contribution in [3.05, 3.63) is 89.0 Å². The summed E-state index contributed by atoms with van der Waals surface area (Å²) in [6.07, 6.45) is 1.29. The maximum absolute atomic E-state index is 12.5. The highest BCUT2D eigenvalue weighted by molar-refractivity contribution is 5.81. The van der Waals surface area contributed by atoms with Crippen molar-refractivity contribution in [3.63, 3.8) is 0 Å². The number of rotatable bonds is 6. The first-order valence-corrected chi connectivity index (χ1v) is 11.2. The van der Waals surface area contributed by atoms with E-state index in [0.29, 0.717) is 6.61 Å². The zero-order chi connectivity index (χ0) is 22.8. The molecule has 5 rings (SSSR count). The summed E-state index contributed by atoms with van der Waals surface area (Å²) >= 11 is 0. The lowest BCUT2D eigenvalue weighted by Crippen LogP contribution is -2.43. The highest BCUT2D eigenvalue weighted by Crippen LogP contribution is 2.44. The van der Waals surface area contributed by atoms with Crippen LogP contribution in [0, 0.1) is 0 Å². The summed E-state index contributed by atoms with van der Waals surface area (Å²) < 4.78 is 11.1. The van der Waals surface area contributed by atoms with Gasteiger partial charge in [0.05, 0.1) is 6.61 Å². The molecule has 3 aromatic rings. The molecule has 1 amide bonds. The second-order valence-corrected chi connectivity index (χ2v) is 8.46. The van der Waals surface area contributed by atoms with Crippen molar-refractivity contribution in [3.8, 4) is 16.9 Å². The minimum atomic E-state index is -1.10. The van der Waals surface area contributed by atoms with E-state index in [-0.39, 0.29) is 18.9 Å². The molecule has 0 spiro atoms. The van der Waals surface area contributed by atoms with Crippen LogP contribution < -0.4 is 10.1 Å². The van der Waals surface area contributed by atoms with Crippen LogP contribution in [0.1, 0.15) is 34.6 Å². The number of fused-ring (bicyclic) bond motifs is 4. The number of benzene rings is 3. The Morgan fingerprint density at radius 3 is 2.42 bits per heavy atom. The van der Waals surface area contributed by atoms with Crippen LogP contribution in [-0.4, -0.2) is 36.4 Å². The molecule has 1 aliphatic heterocycles. The number of aryl methyl sites for hydroxylation is 1. The normalized spacial score (nSPS) is 14.9. The second-order valence-electron chi connectivity index (χ2n) is 8.46. The first kappa shape index (κ1) is 21.1. The number of hydrogen-bond acceptors (Lipinski definition) is 4. The molecule has 0 saturated carbocycles. The Kier molecular flexibility index (Phi) is 5.73. The highest BCUT2D eigenvalue weighted by atomic mass is 16.5. The zero-order valence-electron chi connectivity index (χ0n) is 18.1. The third kappa shape index (κ3) is 4.29. The van der Waals surface area contributed by atoms with Gasteiger partial charge in [-0.3, -0.25) is 0 Å². The quantitative estimate of drug-likeness (QED) is 0.584. The van der Waals surface area contributed by atoms with Gasteiger partial charge in [-0.2, -0.15) is 0 Å². The van der Waals surface area contributed by atoms with E-state index in [1.54, 1.807) is 0 Å². The van der Waals surface area contributed by atoms with Crippen LogP contribution in [0.15, 0.2) is 66.7 Å². The van der Waals surface area contributed by atoms with E-state index >= 15 is 0 Å². The van der Waals surface area contributed by atoms with Gasteiger partial charge in [0.15, 0.2) is 0 Å². The van der Waals surface area contributed by atoms with Crippen molar-refractivity contribution in [2.24, 2.45) is 0 Å². The number of carboxylic acids is 1. The van der Waals surface area contributed by atoms with Gasteiger partial charge in [-0.1, -0.05) is 60.7 Å². The summed E-state index contributed by atoms with van der Waals surface area (Å²) in [6, 6.07) is 20.8. The first-order chi connectivity index (χ1) is 16.1. The molecule has 1 aliphatic carbocycles. The molecule has 0 radical (unpaired) electrons. The van der Waals surface area contributed by atoms with E-state index in [9.17, 15) is 14.7 Å². The van der Waals surface area contributed by atoms with Gasteiger partial charge in [0.25, 0.3) is 0 Å². The molecule has 1 unspecified atom stereocenters. The number of ether oxygens (including phenoxy) is 2. The van der Waals surface area contributed by atoms with Gasteiger partial charge in [-0.25, -0.2) is 9.59 Å². The smallest absolute Gasteiger partial charge is 0.407 e. The largest absolute Gasteiger partial charge is 0.493 e. The molecular formula is C27H25NO5. The summed E-state index contributed by atoms with van der Waals surface area (Å²) in [5.41, 5.74) is 6.41. The van der Waals surface area contributed by atoms with Gasteiger partial charge in [0.2, 0.25) is 0 Å². The molecule has 0 bridgehead atoms. The molecule has 0 aromatic heterocycles. The summed E-state index contributed by atoms with van der Waals surface area (Å²) in [4.78, 5) is 24.4. The topological polar surface area (TPSA) is 84.9 Å². The van der Waals surface area contributed by atoms with Crippen molar-refractivity contribution in [1.82, 2.24) is 5.32 Å². The van der Waals surface area contributed by atoms with Gasteiger partial charge >= 0.3 is 12.1 Å². The Morgan fingerprint density at radius 2 is 1.73 bits per heavy atom. The van der Waals surface area contributed by atoms with Gasteiger partial charge in [-0.05, 0) is 52.3 Å². The number of hydrogen-bond donors (Lipinski definition) is 2. The monoisotopic (exact) mass is 443 g/mol. The van der Waals surface area contributed by atoms with Crippen molar-refractivity contribution >= 4 is 12.1 Å². The lowest BCUT2D eigenvalue weighted by molar-refractivity contribution is -0.139. The van der Waals surface area contributed by atoms with E-state index in [2.05, 4.69) is 17.4 Å². The molecule has 0 saturated heterocycles. The maximum Gasteiger partial charge on any atom is 0.407 e. The fraction of sp³-hybridized carbons (Fsp3) is 0.259. The third-order valence-corrected chi connectivity index (χ3v) is 6.35. The average Bonchev–Trinajstić information content (AvgIpc) is 3.16. The van der Waals surface area contributed by atoms with Gasteiger partial charge in [0, 0.05) is 12.3 Å². The Labute approximate surface area is 192 Å². The number of carboxylic acid groups (broad SMARTS) is 1. The summed E-state index contributed by atoms with van der Waals surface area (Å²) in [6.45, 7) is 0.843. The van der Waals surface area contributed by atoms with Gasteiger partial charge in [0.1, 0.15) is 18.4 Å². The minimum absolute atomic E-state index is 0.0768. The zero-order valence-corrected chi connectivity index (χ0v) is 18.1. The van der Waals surface area contributed by atoms with Crippen LogP contribution in [0.25, 0.3) is 11.1 Å². The minimum Gasteiger partial charge on any atom is -0.493 e. The van der Waals surface area contributed by atoms with Gasteiger partial charge in [-0.15, -0.1) is 0 Å². The first-order valence-electron chi connectivity index (χ1n) is 11.2. The molecule has 6 heteroatoms. The second kappa shape index (κ2) is 8.98. The fourth-order valence-corrected chi connectivity index (χ4v) is 4.76. The predicted molar refractivity (Wildman–Crippen MR) is 124 cm³/mol. The van der Waals surface area contributed by atoms with E-state index in [0.717, 1.165) is 52.0 Å². The van der Waals surface area contributed by atoms with E-state index in [1.807, 2.05) is 54.6 Å². The number of aliphatic carboxylic acids is 1. The van der Waals surface area contributed by atoms with Crippen LogP contribution in [0.4, 0.5) is 4.79 Å². The van der Waals surface area contributed by atoms with E-state index < -0.39 is 18.1 Å². The Bertz CT molecular complexity index is 1160. The van der Waals surface area contributed by atoms with Crippen molar-refractivity contribution in [2.75, 3.05) is 13.2 Å². The van der Waals surface area contributed by atoms with Crippen molar-refractivity contribution in [2.45, 2.75) is 31.2 Å². The van der Waals surface area contributed by atoms with Crippen LogP contribution in [0.5, 0.6) is 5.75 Å². The average molecular weight is 443 g/mol. The summed E-state index contributed by atoms with van der Waals surface area (Å²) in [5, 5.41) is 12.2. The molecule has 1 heterocycles. The number of carbonyl (C=O) groups is 2. The SMILES string of the molecule is O=C(NC(Cc1ccc2c(c1)CCCO2)C(=O)O)OCC1c2ccccc2-c2ccccc21. The molecular weight excluding hydrogens is 418 g/mol. The fourth-order valence-electron chi connectivity index (χ4n) is 4.76. The summed E-state index contributed by atoms with van der Waals surface area (Å²) in [5.74, 6) is -0.328. The number of nitrogens with one attached hydrogen (secondary N) is 1. The molecule has 33 heavy (non-hydrogen) atoms. The van der Waals surface area contributed by atoms with Crippen LogP contribution in [0.2, 0.25) is 0 Å². The Morgan fingerprint density at radius 1 is 1.03 bits per heavy atom. The molecule has 2 N–H and O–H groups in total. The Hall–Kier alpha value is -3.80. The standard InChI is InChI=1S/C27H25NO5/c29-26(30)24(15-17-11-12-25-18(14-17)6-5-13-32-25)28-27(31)33-16-23-21-9-3-1-7-19(21)20-8-2-4-10-22(20)23/h1-4,7-12,14,23-24H,5-6,13,15-16H2,(H,28,31)(H,29,30). The predicted octanol–water partition coefficient (Wildman–Crippen LogP) is 4.55. The van der Waals surface area contributed by atoms with Gasteiger partial charge < -0.3 is 19.9 Å². The maximum atomic E-state index is 12.5. The van der Waals surface area contributed by atoms with Crippen LogP contribution in [0.3, 0.4) is 0 Å². The Balaban J connectivity index is 1.25. The molecule has 6 nitrogen and oxygen atoms in total. The summed E-state index contributed by atoms with van der Waals surface area (Å²) in [7, 11) is 0. The molecule has 2 aliphatic rings. The lowest BCUT2D eigenvalue weighted by Gasteiger charge is -2.20. The van der Waals surface area contributed by atoms with Crippen LogP contribution >= 0.6 is 0 Å². The molecule has 1 atom stereocenters. The molecule has 3 aromatic carbocycles. The number of alkyl carbamates (subject to hydrolysis) is 1.